The Kier molecular flexibility index (Phi) is 2.37. The van der Waals surface area contributed by atoms with Gasteiger partial charge in [-0.15, -0.1) is 0 Å². The van der Waals surface area contributed by atoms with E-state index in [1.165, 1.54) is 0 Å². The minimum Gasteiger partial charge on any atom is -0.387 e. The molecular formula is C11H12BrNO. The first-order valence-electron chi connectivity index (χ1n) is 4.53. The predicted octanol–water partition coefficient (Wildman–Crippen LogP) is 2.99. The van der Waals surface area contributed by atoms with Gasteiger partial charge in [-0.1, -0.05) is 12.1 Å². The van der Waals surface area contributed by atoms with Gasteiger partial charge in [-0.25, -0.2) is 0 Å². The van der Waals surface area contributed by atoms with Crippen molar-refractivity contribution in [3.8, 4) is 0 Å². The van der Waals surface area contributed by atoms with Crippen molar-refractivity contribution in [3.63, 3.8) is 0 Å². The van der Waals surface area contributed by atoms with Gasteiger partial charge in [0.15, 0.2) is 0 Å². The highest BCUT2D eigenvalue weighted by molar-refractivity contribution is 9.10. The number of hydrogen-bond acceptors (Lipinski definition) is 1. The normalized spacial score (nSPS) is 13.4. The lowest BCUT2D eigenvalue weighted by molar-refractivity contribution is 0.191. The topological polar surface area (TPSA) is 25.2 Å². The molecule has 0 saturated heterocycles. The Morgan fingerprint density at radius 1 is 1.43 bits per heavy atom. The zero-order valence-corrected chi connectivity index (χ0v) is 9.75. The minimum atomic E-state index is -0.431. The van der Waals surface area contributed by atoms with E-state index in [-0.39, 0.29) is 0 Å². The molecule has 1 aromatic carbocycles. The molecule has 1 heterocycles. The van der Waals surface area contributed by atoms with Crippen LogP contribution in [0.5, 0.6) is 0 Å². The Labute approximate surface area is 91.3 Å². The highest BCUT2D eigenvalue weighted by Crippen LogP contribution is 2.28. The maximum atomic E-state index is 9.56. The number of hydrogen-bond donors (Lipinski definition) is 1. The summed E-state index contributed by atoms with van der Waals surface area (Å²) in [5.74, 6) is 0. The number of aliphatic hydroxyl groups is 1. The molecule has 14 heavy (non-hydrogen) atoms. The Balaban J connectivity index is 2.81. The number of para-hydroxylation sites is 1. The van der Waals surface area contributed by atoms with Crippen molar-refractivity contribution in [2.75, 3.05) is 0 Å². The maximum Gasteiger partial charge on any atom is 0.0912 e. The van der Waals surface area contributed by atoms with Crippen molar-refractivity contribution in [2.45, 2.75) is 13.0 Å². The van der Waals surface area contributed by atoms with Crippen LogP contribution >= 0.6 is 15.9 Å². The van der Waals surface area contributed by atoms with Crippen LogP contribution in [0.2, 0.25) is 0 Å². The summed E-state index contributed by atoms with van der Waals surface area (Å²) >= 11 is 3.51. The summed E-state index contributed by atoms with van der Waals surface area (Å²) in [6, 6.07) is 8.07. The Morgan fingerprint density at radius 3 is 2.71 bits per heavy atom. The summed E-state index contributed by atoms with van der Waals surface area (Å²) < 4.78 is 3.08. The summed E-state index contributed by atoms with van der Waals surface area (Å²) in [5, 5.41) is 10.7. The molecule has 0 aliphatic heterocycles. The van der Waals surface area contributed by atoms with E-state index in [0.717, 1.165) is 21.1 Å². The van der Waals surface area contributed by atoms with Gasteiger partial charge in [-0.05, 0) is 35.0 Å². The number of fused-ring (bicyclic) bond motifs is 1. The van der Waals surface area contributed by atoms with Crippen LogP contribution in [0.25, 0.3) is 10.9 Å². The molecule has 0 radical (unpaired) electrons. The fourth-order valence-corrected chi connectivity index (χ4v) is 2.44. The molecule has 0 fully saturated rings. The molecule has 1 atom stereocenters. The fourth-order valence-electron chi connectivity index (χ4n) is 1.79. The van der Waals surface area contributed by atoms with Crippen molar-refractivity contribution < 1.29 is 5.11 Å². The second kappa shape index (κ2) is 3.41. The van der Waals surface area contributed by atoms with Crippen molar-refractivity contribution in [3.05, 3.63) is 34.4 Å². The lowest BCUT2D eigenvalue weighted by Gasteiger charge is -2.06. The number of rotatable bonds is 1. The fraction of sp³-hybridized carbons (Fsp3) is 0.273. The minimum absolute atomic E-state index is 0.431. The van der Waals surface area contributed by atoms with E-state index in [1.807, 2.05) is 35.9 Å². The summed E-state index contributed by atoms with van der Waals surface area (Å²) in [4.78, 5) is 0. The maximum absolute atomic E-state index is 9.56. The smallest absolute Gasteiger partial charge is 0.0912 e. The number of benzene rings is 1. The first-order chi connectivity index (χ1) is 6.61. The molecule has 1 aromatic heterocycles. The van der Waals surface area contributed by atoms with E-state index in [4.69, 9.17) is 0 Å². The zero-order chi connectivity index (χ0) is 10.3. The third kappa shape index (κ3) is 1.37. The molecule has 0 aliphatic carbocycles. The van der Waals surface area contributed by atoms with Gasteiger partial charge in [0.1, 0.15) is 0 Å². The number of halogens is 1. The molecule has 0 aliphatic rings. The van der Waals surface area contributed by atoms with E-state index < -0.39 is 6.10 Å². The van der Waals surface area contributed by atoms with Crippen molar-refractivity contribution >= 4 is 26.8 Å². The van der Waals surface area contributed by atoms with E-state index in [1.54, 1.807) is 6.92 Å². The molecule has 2 aromatic rings. The average Bonchev–Trinajstić information content (AvgIpc) is 2.45. The molecule has 2 nitrogen and oxygen atoms in total. The van der Waals surface area contributed by atoms with Crippen LogP contribution in [0.4, 0.5) is 0 Å². The van der Waals surface area contributed by atoms with Gasteiger partial charge in [0.05, 0.1) is 11.6 Å². The summed E-state index contributed by atoms with van der Waals surface area (Å²) in [7, 11) is 1.97. The molecule has 1 N–H and O–H groups in total. The first-order valence-corrected chi connectivity index (χ1v) is 5.32. The third-order valence-corrected chi connectivity index (χ3v) is 3.11. The standard InChI is InChI=1S/C11H12BrNO/c1-7(14)10-6-8-4-3-5-9(12)11(8)13(10)2/h3-7,14H,1-2H3. The molecule has 2 rings (SSSR count). The van der Waals surface area contributed by atoms with Crippen molar-refractivity contribution in [2.24, 2.45) is 7.05 Å². The van der Waals surface area contributed by atoms with Crippen LogP contribution in [-0.4, -0.2) is 9.67 Å². The second-order valence-corrected chi connectivity index (χ2v) is 4.34. The van der Waals surface area contributed by atoms with E-state index in [9.17, 15) is 5.11 Å². The first kappa shape index (κ1) is 9.74. The largest absolute Gasteiger partial charge is 0.387 e. The lowest BCUT2D eigenvalue weighted by atomic mass is 10.2. The number of aliphatic hydroxyl groups excluding tert-OH is 1. The van der Waals surface area contributed by atoms with Crippen LogP contribution in [0, 0.1) is 0 Å². The zero-order valence-electron chi connectivity index (χ0n) is 8.16. The Morgan fingerprint density at radius 2 is 2.14 bits per heavy atom. The second-order valence-electron chi connectivity index (χ2n) is 3.48. The van der Waals surface area contributed by atoms with Crippen LogP contribution in [0.15, 0.2) is 28.7 Å². The van der Waals surface area contributed by atoms with Crippen LogP contribution in [0.1, 0.15) is 18.7 Å². The van der Waals surface area contributed by atoms with E-state index in [2.05, 4.69) is 15.9 Å². The van der Waals surface area contributed by atoms with E-state index in [0.29, 0.717) is 0 Å². The highest BCUT2D eigenvalue weighted by atomic mass is 79.9. The molecule has 3 heteroatoms. The summed E-state index contributed by atoms with van der Waals surface area (Å²) in [6.45, 7) is 1.78. The van der Waals surface area contributed by atoms with Gasteiger partial charge in [-0.2, -0.15) is 0 Å². The summed E-state index contributed by atoms with van der Waals surface area (Å²) in [6.07, 6.45) is -0.431. The highest BCUT2D eigenvalue weighted by Gasteiger charge is 2.11. The molecule has 0 saturated carbocycles. The number of aromatic nitrogens is 1. The SMILES string of the molecule is CC(O)c1cc2cccc(Br)c2n1C. The molecule has 1 unspecified atom stereocenters. The van der Waals surface area contributed by atoms with Gasteiger partial charge in [0, 0.05) is 22.6 Å². The van der Waals surface area contributed by atoms with Crippen LogP contribution in [0.3, 0.4) is 0 Å². The van der Waals surface area contributed by atoms with Crippen LogP contribution < -0.4 is 0 Å². The Bertz CT molecular complexity index is 473. The van der Waals surface area contributed by atoms with Crippen molar-refractivity contribution in [1.82, 2.24) is 4.57 Å². The van der Waals surface area contributed by atoms with Gasteiger partial charge >= 0.3 is 0 Å². The van der Waals surface area contributed by atoms with Gasteiger partial charge in [0.2, 0.25) is 0 Å². The monoisotopic (exact) mass is 253 g/mol. The average molecular weight is 254 g/mol. The predicted molar refractivity (Wildman–Crippen MR) is 61.3 cm³/mol. The number of aryl methyl sites for hydroxylation is 1. The third-order valence-electron chi connectivity index (χ3n) is 2.47. The Hall–Kier alpha value is -0.800. The summed E-state index contributed by atoms with van der Waals surface area (Å²) in [5.41, 5.74) is 2.07. The lowest BCUT2D eigenvalue weighted by Crippen LogP contribution is -1.99. The molecular weight excluding hydrogens is 242 g/mol. The number of nitrogens with zero attached hydrogens (tertiary/aromatic N) is 1. The van der Waals surface area contributed by atoms with Gasteiger partial charge in [-0.3, -0.25) is 0 Å². The van der Waals surface area contributed by atoms with E-state index >= 15 is 0 Å². The molecule has 0 spiro atoms. The molecule has 0 bridgehead atoms. The van der Waals surface area contributed by atoms with Crippen LogP contribution in [-0.2, 0) is 7.05 Å². The molecule has 0 amide bonds. The molecule has 74 valence electrons. The van der Waals surface area contributed by atoms with Gasteiger partial charge < -0.3 is 9.67 Å². The van der Waals surface area contributed by atoms with Crippen molar-refractivity contribution in [1.29, 1.82) is 0 Å². The quantitative estimate of drug-likeness (QED) is 0.831. The van der Waals surface area contributed by atoms with Gasteiger partial charge in [0.25, 0.3) is 0 Å².